The van der Waals surface area contributed by atoms with Gasteiger partial charge in [-0.3, -0.25) is 4.79 Å². The van der Waals surface area contributed by atoms with Gasteiger partial charge in [0.05, 0.1) is 21.6 Å². The molecule has 2 aromatic rings. The van der Waals surface area contributed by atoms with Gasteiger partial charge in [-0.05, 0) is 30.5 Å². The average molecular weight is 378 g/mol. The summed E-state index contributed by atoms with van der Waals surface area (Å²) in [6.45, 7) is 0.867. The number of piperidine rings is 1. The summed E-state index contributed by atoms with van der Waals surface area (Å²) in [6.07, 6.45) is 0.927. The predicted octanol–water partition coefficient (Wildman–Crippen LogP) is 3.56. The zero-order valence-electron chi connectivity index (χ0n) is 13.8. The lowest BCUT2D eigenvalue weighted by Gasteiger charge is -2.32. The Morgan fingerprint density at radius 3 is 2.24 bits per heavy atom. The number of carbonyl (C=O) groups excluding carboxylic acids is 1. The first-order valence-electron chi connectivity index (χ1n) is 8.26. The fraction of sp³-hybridized carbons (Fsp3) is 0.316. The van der Waals surface area contributed by atoms with Crippen LogP contribution >= 0.6 is 11.6 Å². The summed E-state index contributed by atoms with van der Waals surface area (Å²) in [7, 11) is -3.22. The Bertz CT molecular complexity index is 844. The molecule has 1 amide bonds. The lowest BCUT2D eigenvalue weighted by molar-refractivity contribution is 0.0726. The van der Waals surface area contributed by atoms with Crippen LogP contribution in [0, 0.1) is 0 Å². The third-order valence-corrected chi connectivity index (χ3v) is 7.10. The number of hydrogen-bond donors (Lipinski definition) is 0. The molecule has 1 heterocycles. The van der Waals surface area contributed by atoms with Gasteiger partial charge in [0.2, 0.25) is 0 Å². The average Bonchev–Trinajstić information content (AvgIpc) is 2.62. The predicted molar refractivity (Wildman–Crippen MR) is 99.4 cm³/mol. The summed E-state index contributed by atoms with van der Waals surface area (Å²) >= 11 is 6.09. The van der Waals surface area contributed by atoms with E-state index in [-0.39, 0.29) is 11.7 Å². The summed E-state index contributed by atoms with van der Waals surface area (Å²) < 4.78 is 25.3. The van der Waals surface area contributed by atoms with E-state index in [1.165, 1.54) is 0 Å². The summed E-state index contributed by atoms with van der Waals surface area (Å²) in [5.74, 6) is -0.0822. The zero-order chi connectivity index (χ0) is 17.9. The molecule has 0 unspecified atom stereocenters. The van der Waals surface area contributed by atoms with E-state index >= 15 is 0 Å². The molecule has 3 rings (SSSR count). The van der Waals surface area contributed by atoms with Crippen LogP contribution in [0.25, 0.3) is 0 Å². The maximum atomic E-state index is 12.6. The molecule has 0 aliphatic carbocycles. The Morgan fingerprint density at radius 2 is 1.60 bits per heavy atom. The van der Waals surface area contributed by atoms with Crippen molar-refractivity contribution in [2.24, 2.45) is 0 Å². The highest BCUT2D eigenvalue weighted by Crippen LogP contribution is 2.24. The first kappa shape index (κ1) is 18.0. The van der Waals surface area contributed by atoms with Crippen LogP contribution in [0.15, 0.2) is 54.6 Å². The monoisotopic (exact) mass is 377 g/mol. The van der Waals surface area contributed by atoms with Gasteiger partial charge in [0, 0.05) is 13.1 Å². The molecule has 0 spiro atoms. The first-order valence-corrected chi connectivity index (χ1v) is 10.4. The lowest BCUT2D eigenvalue weighted by Crippen LogP contribution is -2.42. The lowest BCUT2D eigenvalue weighted by atomic mass is 10.1. The van der Waals surface area contributed by atoms with E-state index in [1.54, 1.807) is 29.2 Å². The number of amides is 1. The molecule has 0 aromatic heterocycles. The molecule has 1 saturated heterocycles. The van der Waals surface area contributed by atoms with E-state index < -0.39 is 15.1 Å². The molecule has 0 N–H and O–H groups in total. The van der Waals surface area contributed by atoms with E-state index in [2.05, 4.69) is 0 Å². The third kappa shape index (κ3) is 4.22. The molecule has 1 aliphatic heterocycles. The van der Waals surface area contributed by atoms with Crippen molar-refractivity contribution >= 4 is 27.3 Å². The van der Waals surface area contributed by atoms with Gasteiger partial charge in [-0.2, -0.15) is 0 Å². The Kier molecular flexibility index (Phi) is 5.45. The molecule has 1 aliphatic rings. The van der Waals surface area contributed by atoms with Crippen LogP contribution < -0.4 is 0 Å². The Hall–Kier alpha value is -1.85. The standard InChI is InChI=1S/C19H20ClNO3S/c20-18-9-5-4-8-17(18)19(22)21-12-10-16(11-13-21)25(23,24)14-15-6-2-1-3-7-15/h1-9,16H,10-14H2. The minimum Gasteiger partial charge on any atom is -0.339 e. The van der Waals surface area contributed by atoms with Gasteiger partial charge >= 0.3 is 0 Å². The number of sulfone groups is 1. The second-order valence-electron chi connectivity index (χ2n) is 6.26. The molecule has 4 nitrogen and oxygen atoms in total. The zero-order valence-corrected chi connectivity index (χ0v) is 15.3. The number of benzene rings is 2. The Morgan fingerprint density at radius 1 is 1.00 bits per heavy atom. The minimum atomic E-state index is -3.22. The SMILES string of the molecule is O=C(c1ccccc1Cl)N1CCC(S(=O)(=O)Cc2ccccc2)CC1. The number of carbonyl (C=O) groups is 1. The van der Waals surface area contributed by atoms with Crippen molar-refractivity contribution in [2.75, 3.05) is 13.1 Å². The Balaban J connectivity index is 1.63. The molecule has 0 atom stereocenters. The van der Waals surface area contributed by atoms with Crippen LogP contribution in [0.1, 0.15) is 28.8 Å². The number of hydrogen-bond acceptors (Lipinski definition) is 3. The summed E-state index contributed by atoms with van der Waals surface area (Å²) in [5, 5.41) is 0.0225. The first-order chi connectivity index (χ1) is 12.0. The van der Waals surface area contributed by atoms with Gasteiger partial charge in [0.25, 0.3) is 5.91 Å². The van der Waals surface area contributed by atoms with Crippen molar-refractivity contribution in [1.82, 2.24) is 4.90 Å². The van der Waals surface area contributed by atoms with Crippen molar-refractivity contribution in [3.8, 4) is 0 Å². The van der Waals surface area contributed by atoms with E-state index in [0.717, 1.165) is 5.56 Å². The molecule has 132 valence electrons. The van der Waals surface area contributed by atoms with Gasteiger partial charge in [-0.15, -0.1) is 0 Å². The maximum Gasteiger partial charge on any atom is 0.255 e. The third-order valence-electron chi connectivity index (χ3n) is 4.55. The van der Waals surface area contributed by atoms with Crippen LogP contribution in [0.3, 0.4) is 0 Å². The van der Waals surface area contributed by atoms with Crippen molar-refractivity contribution in [1.29, 1.82) is 0 Å². The number of nitrogens with zero attached hydrogens (tertiary/aromatic N) is 1. The highest BCUT2D eigenvalue weighted by atomic mass is 35.5. The summed E-state index contributed by atoms with van der Waals surface area (Å²) in [6, 6.07) is 16.1. The highest BCUT2D eigenvalue weighted by Gasteiger charge is 2.32. The second-order valence-corrected chi connectivity index (χ2v) is 8.95. The quantitative estimate of drug-likeness (QED) is 0.818. The molecular weight excluding hydrogens is 358 g/mol. The fourth-order valence-corrected chi connectivity index (χ4v) is 5.19. The van der Waals surface area contributed by atoms with Gasteiger partial charge in [-0.25, -0.2) is 8.42 Å². The van der Waals surface area contributed by atoms with Gasteiger partial charge in [0.15, 0.2) is 9.84 Å². The number of rotatable bonds is 4. The van der Waals surface area contributed by atoms with E-state index in [1.807, 2.05) is 30.3 Å². The highest BCUT2D eigenvalue weighted by molar-refractivity contribution is 7.91. The van der Waals surface area contributed by atoms with Crippen molar-refractivity contribution in [3.63, 3.8) is 0 Å². The van der Waals surface area contributed by atoms with Crippen LogP contribution in [-0.2, 0) is 15.6 Å². The number of halogens is 1. The molecule has 0 radical (unpaired) electrons. The maximum absolute atomic E-state index is 12.6. The topological polar surface area (TPSA) is 54.5 Å². The van der Waals surface area contributed by atoms with Crippen LogP contribution in [0.5, 0.6) is 0 Å². The van der Waals surface area contributed by atoms with Gasteiger partial charge in [-0.1, -0.05) is 54.1 Å². The molecule has 0 bridgehead atoms. The van der Waals surface area contributed by atoms with E-state index in [0.29, 0.717) is 36.5 Å². The van der Waals surface area contributed by atoms with Crippen molar-refractivity contribution in [2.45, 2.75) is 23.8 Å². The van der Waals surface area contributed by atoms with Gasteiger partial charge < -0.3 is 4.90 Å². The van der Waals surface area contributed by atoms with E-state index in [9.17, 15) is 13.2 Å². The molecule has 25 heavy (non-hydrogen) atoms. The molecule has 0 saturated carbocycles. The minimum absolute atomic E-state index is 0.0525. The van der Waals surface area contributed by atoms with E-state index in [4.69, 9.17) is 11.6 Å². The molecular formula is C19H20ClNO3S. The van der Waals surface area contributed by atoms with Crippen LogP contribution in [0.4, 0.5) is 0 Å². The Labute approximate surface area is 153 Å². The molecule has 2 aromatic carbocycles. The molecule has 6 heteroatoms. The van der Waals surface area contributed by atoms with Crippen LogP contribution in [-0.4, -0.2) is 37.6 Å². The van der Waals surface area contributed by atoms with Gasteiger partial charge in [0.1, 0.15) is 0 Å². The molecule has 1 fully saturated rings. The second kappa shape index (κ2) is 7.58. The van der Waals surface area contributed by atoms with Crippen molar-refractivity contribution < 1.29 is 13.2 Å². The summed E-state index contributed by atoms with van der Waals surface area (Å²) in [5.41, 5.74) is 1.27. The normalized spacial score (nSPS) is 16.0. The largest absolute Gasteiger partial charge is 0.339 e. The summed E-state index contributed by atoms with van der Waals surface area (Å²) in [4.78, 5) is 14.3. The smallest absolute Gasteiger partial charge is 0.255 e. The van der Waals surface area contributed by atoms with Crippen molar-refractivity contribution in [3.05, 3.63) is 70.7 Å². The number of likely N-dealkylation sites (tertiary alicyclic amines) is 1. The van der Waals surface area contributed by atoms with Crippen LogP contribution in [0.2, 0.25) is 5.02 Å². The fourth-order valence-electron chi connectivity index (χ4n) is 3.15.